The summed E-state index contributed by atoms with van der Waals surface area (Å²) in [5.41, 5.74) is 3.39. The van der Waals surface area contributed by atoms with Gasteiger partial charge >= 0.3 is 12.3 Å². The Kier molecular flexibility index (Phi) is 12.0. The molecule has 0 saturated carbocycles. The molecule has 1 aromatic heterocycles. The lowest BCUT2D eigenvalue weighted by atomic mass is 10.0. The second-order valence-corrected chi connectivity index (χ2v) is 10.8. The Morgan fingerprint density at radius 3 is 2.64 bits per heavy atom. The third-order valence-corrected chi connectivity index (χ3v) is 7.37. The number of benzene rings is 2. The van der Waals surface area contributed by atoms with E-state index in [9.17, 15) is 27.2 Å². The minimum Gasteiger partial charge on any atom is -0.495 e. The number of alkyl halides is 3. The first-order valence-electron chi connectivity index (χ1n) is 14.2. The van der Waals surface area contributed by atoms with Crippen molar-refractivity contribution >= 4 is 29.3 Å². The normalized spacial score (nSPS) is 16.6. The topological polar surface area (TPSA) is 111 Å². The van der Waals surface area contributed by atoms with Gasteiger partial charge in [0.05, 0.1) is 42.9 Å². The molecule has 9 nitrogen and oxygen atoms in total. The average Bonchev–Trinajstić information content (AvgIpc) is 3.02. The highest BCUT2D eigenvalue weighted by Gasteiger charge is 2.30. The summed E-state index contributed by atoms with van der Waals surface area (Å²) in [7, 11) is 1.55. The molecule has 3 aromatic rings. The molecular formula is C31H33ClF4N4O5. The number of pyridine rings is 1. The van der Waals surface area contributed by atoms with Gasteiger partial charge in [-0.1, -0.05) is 41.9 Å². The zero-order valence-electron chi connectivity index (χ0n) is 24.4. The number of aryl methyl sites for hydroxylation is 1. The zero-order chi connectivity index (χ0) is 32.4. The number of hydrogen-bond acceptors (Lipinski definition) is 7. The molecule has 1 aliphatic heterocycles. The molecule has 4 rings (SSSR count). The number of carbonyl (C=O) groups excluding carboxylic acids is 2. The summed E-state index contributed by atoms with van der Waals surface area (Å²) in [5, 5.41) is 8.68. The van der Waals surface area contributed by atoms with Crippen LogP contribution in [0.3, 0.4) is 0 Å². The van der Waals surface area contributed by atoms with E-state index >= 15 is 0 Å². The first kappa shape index (κ1) is 33.9. The molecule has 3 N–H and O–H groups in total. The van der Waals surface area contributed by atoms with E-state index in [1.807, 2.05) is 36.4 Å². The molecule has 2 amide bonds. The van der Waals surface area contributed by atoms with Crippen LogP contribution in [0.25, 0.3) is 11.1 Å². The van der Waals surface area contributed by atoms with E-state index < -0.39 is 24.7 Å². The molecule has 2 aromatic carbocycles. The van der Waals surface area contributed by atoms with Crippen LogP contribution in [-0.4, -0.2) is 68.7 Å². The summed E-state index contributed by atoms with van der Waals surface area (Å²) in [5.74, 6) is -0.263. The van der Waals surface area contributed by atoms with E-state index in [1.165, 1.54) is 6.20 Å². The third-order valence-electron chi connectivity index (χ3n) is 7.08. The number of nitrogens with one attached hydrogen (secondary N) is 3. The second kappa shape index (κ2) is 15.9. The largest absolute Gasteiger partial charge is 0.495 e. The number of amides is 2. The standard InChI is InChI=1S/C31H33ClF4N4O5/c1-43-28-9-6-21(12-25(28)32)20-4-2-3-19(11-20)5-10-29(41)40-27-16-37-15-26(33)24(27)8-7-23-14-38-22(17-44-23)13-39-30(42)45-18-31(34,35)36/h2-4,6,9,11-12,15-16,22-23,38H,5,7-8,10,13-14,17-18H2,1H3,(H,39,42)(H,40,41)/t22-,23+/m0/s1. The number of anilines is 1. The van der Waals surface area contributed by atoms with Crippen molar-refractivity contribution < 1.29 is 41.4 Å². The fraction of sp³-hybridized carbons (Fsp3) is 0.387. The highest BCUT2D eigenvalue weighted by molar-refractivity contribution is 6.32. The molecule has 2 heterocycles. The molecule has 14 heteroatoms. The molecule has 1 aliphatic rings. The molecule has 0 spiro atoms. The Morgan fingerprint density at radius 2 is 1.93 bits per heavy atom. The first-order chi connectivity index (χ1) is 21.5. The maximum atomic E-state index is 14.8. The number of halogens is 5. The van der Waals surface area contributed by atoms with Gasteiger partial charge in [-0.25, -0.2) is 9.18 Å². The quantitative estimate of drug-likeness (QED) is 0.215. The maximum Gasteiger partial charge on any atom is 0.422 e. The molecule has 242 valence electrons. The van der Waals surface area contributed by atoms with Crippen LogP contribution < -0.4 is 20.7 Å². The lowest BCUT2D eigenvalue weighted by Crippen LogP contribution is -2.51. The first-order valence-corrected chi connectivity index (χ1v) is 14.6. The van der Waals surface area contributed by atoms with Gasteiger partial charge in [-0.2, -0.15) is 13.2 Å². The van der Waals surface area contributed by atoms with Crippen molar-refractivity contribution in [3.63, 3.8) is 0 Å². The number of alkyl carbamates (subject to hydrolysis) is 1. The van der Waals surface area contributed by atoms with Crippen LogP contribution in [0.2, 0.25) is 5.02 Å². The van der Waals surface area contributed by atoms with Crippen LogP contribution in [0, 0.1) is 5.82 Å². The van der Waals surface area contributed by atoms with E-state index in [4.69, 9.17) is 21.1 Å². The van der Waals surface area contributed by atoms with E-state index in [-0.39, 0.29) is 49.7 Å². The molecule has 45 heavy (non-hydrogen) atoms. The third kappa shape index (κ3) is 10.6. The van der Waals surface area contributed by atoms with Crippen LogP contribution in [0.4, 0.5) is 28.0 Å². The summed E-state index contributed by atoms with van der Waals surface area (Å²) in [6.45, 7) is -1.10. The smallest absolute Gasteiger partial charge is 0.422 e. The summed E-state index contributed by atoms with van der Waals surface area (Å²) < 4.78 is 66.3. The number of rotatable bonds is 12. The van der Waals surface area contributed by atoms with Crippen LogP contribution in [0.1, 0.15) is 24.0 Å². The van der Waals surface area contributed by atoms with Gasteiger partial charge in [-0.15, -0.1) is 0 Å². The van der Waals surface area contributed by atoms with Gasteiger partial charge in [-0.3, -0.25) is 9.78 Å². The number of aromatic nitrogens is 1. The summed E-state index contributed by atoms with van der Waals surface area (Å²) in [6.07, 6.45) is -2.27. The van der Waals surface area contributed by atoms with E-state index in [0.717, 1.165) is 22.9 Å². The molecule has 1 saturated heterocycles. The van der Waals surface area contributed by atoms with Crippen molar-refractivity contribution in [2.45, 2.75) is 44.0 Å². The molecule has 0 aliphatic carbocycles. The van der Waals surface area contributed by atoms with Crippen molar-refractivity contribution in [1.29, 1.82) is 0 Å². The van der Waals surface area contributed by atoms with Crippen molar-refractivity contribution in [3.8, 4) is 16.9 Å². The van der Waals surface area contributed by atoms with Crippen molar-refractivity contribution in [2.24, 2.45) is 0 Å². The van der Waals surface area contributed by atoms with Crippen LogP contribution >= 0.6 is 11.6 Å². The number of ether oxygens (including phenoxy) is 3. The van der Waals surface area contributed by atoms with Gasteiger partial charge in [0.2, 0.25) is 5.91 Å². The Bertz CT molecular complexity index is 1470. The Hall–Kier alpha value is -3.94. The summed E-state index contributed by atoms with van der Waals surface area (Å²) in [6, 6.07) is 13.0. The molecule has 0 unspecified atom stereocenters. The van der Waals surface area contributed by atoms with Gasteiger partial charge in [0.15, 0.2) is 6.61 Å². The van der Waals surface area contributed by atoms with Crippen molar-refractivity contribution in [3.05, 3.63) is 76.8 Å². The number of carbonyl (C=O) groups is 2. The number of morpholine rings is 1. The predicted octanol–water partition coefficient (Wildman–Crippen LogP) is 5.70. The van der Waals surface area contributed by atoms with Crippen molar-refractivity contribution in [1.82, 2.24) is 15.6 Å². The second-order valence-electron chi connectivity index (χ2n) is 10.4. The molecular weight excluding hydrogens is 620 g/mol. The number of methoxy groups -OCH3 is 1. The van der Waals surface area contributed by atoms with Crippen LogP contribution in [-0.2, 0) is 27.1 Å². The summed E-state index contributed by atoms with van der Waals surface area (Å²) in [4.78, 5) is 28.2. The van der Waals surface area contributed by atoms with Gasteiger partial charge in [-0.05, 0) is 48.1 Å². The minimum absolute atomic E-state index is 0.0126. The van der Waals surface area contributed by atoms with Crippen LogP contribution in [0.15, 0.2) is 54.9 Å². The van der Waals surface area contributed by atoms with Gasteiger partial charge in [0.25, 0.3) is 0 Å². The fourth-order valence-corrected chi connectivity index (χ4v) is 5.00. The average molecular weight is 653 g/mol. The van der Waals surface area contributed by atoms with Gasteiger partial charge < -0.3 is 30.2 Å². The fourth-order valence-electron chi connectivity index (χ4n) is 4.74. The monoisotopic (exact) mass is 652 g/mol. The minimum atomic E-state index is -4.60. The number of hydrogen-bond donors (Lipinski definition) is 3. The number of nitrogens with zero attached hydrogens (tertiary/aromatic N) is 1. The lowest BCUT2D eigenvalue weighted by molar-refractivity contribution is -0.160. The van der Waals surface area contributed by atoms with E-state index in [2.05, 4.69) is 25.7 Å². The zero-order valence-corrected chi connectivity index (χ0v) is 25.1. The Balaban J connectivity index is 1.24. The summed E-state index contributed by atoms with van der Waals surface area (Å²) >= 11 is 6.27. The van der Waals surface area contributed by atoms with Gasteiger partial charge in [0.1, 0.15) is 11.6 Å². The highest BCUT2D eigenvalue weighted by Crippen LogP contribution is 2.31. The van der Waals surface area contributed by atoms with Crippen molar-refractivity contribution in [2.75, 3.05) is 38.7 Å². The highest BCUT2D eigenvalue weighted by atomic mass is 35.5. The Morgan fingerprint density at radius 1 is 1.13 bits per heavy atom. The molecule has 1 fully saturated rings. The van der Waals surface area contributed by atoms with E-state index in [1.54, 1.807) is 13.2 Å². The van der Waals surface area contributed by atoms with Gasteiger partial charge in [0, 0.05) is 31.1 Å². The predicted molar refractivity (Wildman–Crippen MR) is 160 cm³/mol. The Labute approximate surface area is 262 Å². The van der Waals surface area contributed by atoms with E-state index in [0.29, 0.717) is 35.7 Å². The van der Waals surface area contributed by atoms with Crippen LogP contribution in [0.5, 0.6) is 5.75 Å². The molecule has 0 radical (unpaired) electrons. The maximum absolute atomic E-state index is 14.8. The lowest BCUT2D eigenvalue weighted by Gasteiger charge is -2.30. The SMILES string of the molecule is COc1ccc(-c2cccc(CCC(=O)Nc3cncc(F)c3CC[C@@H]3CN[C@@H](CNC(=O)OCC(F)(F)F)CO3)c2)cc1Cl. The molecule has 0 bridgehead atoms. The molecule has 2 atom stereocenters.